The van der Waals surface area contributed by atoms with E-state index in [1.807, 2.05) is 0 Å². The van der Waals surface area contributed by atoms with E-state index in [2.05, 4.69) is 5.32 Å². The average molecular weight is 269 g/mol. The van der Waals surface area contributed by atoms with Gasteiger partial charge in [0.05, 0.1) is 6.26 Å². The van der Waals surface area contributed by atoms with Gasteiger partial charge in [-0.25, -0.2) is 0 Å². The van der Waals surface area contributed by atoms with E-state index in [1.165, 1.54) is 6.08 Å². The lowest BCUT2D eigenvalue weighted by Crippen LogP contribution is -2.09. The van der Waals surface area contributed by atoms with E-state index in [4.69, 9.17) is 4.42 Å². The second kappa shape index (κ2) is 6.52. The molecule has 0 spiro atoms. The minimum absolute atomic E-state index is 0.0539. The van der Waals surface area contributed by atoms with Crippen LogP contribution in [0, 0.1) is 0 Å². The first kappa shape index (κ1) is 13.8. The van der Waals surface area contributed by atoms with Crippen molar-refractivity contribution in [3.05, 3.63) is 60.1 Å². The molecule has 0 bridgehead atoms. The predicted octanol–water partition coefficient (Wildman–Crippen LogP) is 3.52. The number of carbonyl (C=O) groups is 2. The number of hydrogen-bond donors (Lipinski definition) is 1. The minimum atomic E-state index is -0.116. The van der Waals surface area contributed by atoms with Crippen LogP contribution in [0.25, 0.3) is 6.08 Å². The molecule has 4 heteroatoms. The Morgan fingerprint density at radius 2 is 1.95 bits per heavy atom. The van der Waals surface area contributed by atoms with Gasteiger partial charge in [0.1, 0.15) is 5.76 Å². The summed E-state index contributed by atoms with van der Waals surface area (Å²) in [5.41, 5.74) is 1.24. The van der Waals surface area contributed by atoms with Gasteiger partial charge in [0.2, 0.25) is 5.91 Å². The molecule has 1 aromatic carbocycles. The lowest BCUT2D eigenvalue weighted by atomic mass is 10.1. The van der Waals surface area contributed by atoms with Crippen LogP contribution < -0.4 is 5.32 Å². The Morgan fingerprint density at radius 1 is 1.20 bits per heavy atom. The van der Waals surface area contributed by atoms with Crippen LogP contribution in [-0.2, 0) is 4.79 Å². The first-order valence-corrected chi connectivity index (χ1v) is 6.35. The second-order valence-corrected chi connectivity index (χ2v) is 4.19. The number of anilines is 1. The summed E-state index contributed by atoms with van der Waals surface area (Å²) in [5.74, 6) is 0.460. The predicted molar refractivity (Wildman–Crippen MR) is 77.4 cm³/mol. The molecular weight excluding hydrogens is 254 g/mol. The zero-order valence-electron chi connectivity index (χ0n) is 11.1. The van der Waals surface area contributed by atoms with Gasteiger partial charge in [-0.1, -0.05) is 6.92 Å². The molecular formula is C16H15NO3. The van der Waals surface area contributed by atoms with Gasteiger partial charge in [-0.3, -0.25) is 9.59 Å². The SMILES string of the molecule is CCC(=O)Nc1ccc(C(=O)/C=C/c2ccco2)cc1. The van der Waals surface area contributed by atoms with Crippen LogP contribution in [0.5, 0.6) is 0 Å². The number of rotatable bonds is 5. The summed E-state index contributed by atoms with van der Waals surface area (Å²) < 4.78 is 5.11. The van der Waals surface area contributed by atoms with E-state index in [9.17, 15) is 9.59 Å². The smallest absolute Gasteiger partial charge is 0.224 e. The number of carbonyl (C=O) groups excluding carboxylic acids is 2. The Labute approximate surface area is 117 Å². The van der Waals surface area contributed by atoms with Crippen molar-refractivity contribution in [1.29, 1.82) is 0 Å². The van der Waals surface area contributed by atoms with E-state index in [1.54, 1.807) is 55.7 Å². The number of furan rings is 1. The van der Waals surface area contributed by atoms with Crippen LogP contribution >= 0.6 is 0 Å². The average Bonchev–Trinajstić information content (AvgIpc) is 2.98. The van der Waals surface area contributed by atoms with Crippen molar-refractivity contribution in [2.24, 2.45) is 0 Å². The van der Waals surface area contributed by atoms with Crippen LogP contribution in [-0.4, -0.2) is 11.7 Å². The molecule has 2 rings (SSSR count). The Morgan fingerprint density at radius 3 is 2.55 bits per heavy atom. The van der Waals surface area contributed by atoms with E-state index in [0.717, 1.165) is 0 Å². The maximum absolute atomic E-state index is 11.9. The molecule has 1 N–H and O–H groups in total. The molecule has 0 unspecified atom stereocenters. The highest BCUT2D eigenvalue weighted by Crippen LogP contribution is 2.12. The number of hydrogen-bond acceptors (Lipinski definition) is 3. The lowest BCUT2D eigenvalue weighted by Gasteiger charge is -2.03. The standard InChI is InChI=1S/C16H15NO3/c1-2-16(19)17-13-7-5-12(6-8-13)15(18)10-9-14-4-3-11-20-14/h3-11H,2H2,1H3,(H,17,19)/b10-9+. The van der Waals surface area contributed by atoms with Crippen LogP contribution in [0.2, 0.25) is 0 Å². The van der Waals surface area contributed by atoms with E-state index in [-0.39, 0.29) is 11.7 Å². The van der Waals surface area contributed by atoms with Gasteiger partial charge in [-0.15, -0.1) is 0 Å². The van der Waals surface area contributed by atoms with Crippen LogP contribution in [0.1, 0.15) is 29.5 Å². The summed E-state index contributed by atoms with van der Waals surface area (Å²) >= 11 is 0. The van der Waals surface area contributed by atoms with Crippen LogP contribution in [0.4, 0.5) is 5.69 Å². The molecule has 0 saturated carbocycles. The molecule has 0 aliphatic heterocycles. The fourth-order valence-corrected chi connectivity index (χ4v) is 1.61. The second-order valence-electron chi connectivity index (χ2n) is 4.19. The zero-order valence-corrected chi connectivity index (χ0v) is 11.1. The Hall–Kier alpha value is -2.62. The van der Waals surface area contributed by atoms with Crippen molar-refractivity contribution in [1.82, 2.24) is 0 Å². The Balaban J connectivity index is 2.02. The van der Waals surface area contributed by atoms with Crippen molar-refractivity contribution >= 4 is 23.5 Å². The first-order chi connectivity index (χ1) is 9.69. The number of allylic oxidation sites excluding steroid dienone is 1. The fourth-order valence-electron chi connectivity index (χ4n) is 1.61. The normalized spacial score (nSPS) is 10.7. The summed E-state index contributed by atoms with van der Waals surface area (Å²) in [4.78, 5) is 23.1. The molecule has 0 radical (unpaired) electrons. The van der Waals surface area contributed by atoms with E-state index in [0.29, 0.717) is 23.4 Å². The van der Waals surface area contributed by atoms with Crippen molar-refractivity contribution in [2.45, 2.75) is 13.3 Å². The monoisotopic (exact) mass is 269 g/mol. The molecule has 102 valence electrons. The highest BCUT2D eigenvalue weighted by molar-refractivity contribution is 6.07. The summed E-state index contributed by atoms with van der Waals surface area (Å²) in [7, 11) is 0. The van der Waals surface area contributed by atoms with Crippen molar-refractivity contribution in [2.75, 3.05) is 5.32 Å². The Kier molecular flexibility index (Phi) is 4.50. The fraction of sp³-hybridized carbons (Fsp3) is 0.125. The van der Waals surface area contributed by atoms with Gasteiger partial charge in [-0.2, -0.15) is 0 Å². The summed E-state index contributed by atoms with van der Waals surface area (Å²) in [6, 6.07) is 10.3. The third kappa shape index (κ3) is 3.68. The third-order valence-electron chi connectivity index (χ3n) is 2.72. The van der Waals surface area contributed by atoms with Gasteiger partial charge in [0, 0.05) is 17.7 Å². The molecule has 2 aromatic rings. The minimum Gasteiger partial charge on any atom is -0.465 e. The summed E-state index contributed by atoms with van der Waals surface area (Å²) in [5, 5.41) is 2.73. The highest BCUT2D eigenvalue weighted by atomic mass is 16.3. The molecule has 0 saturated heterocycles. The molecule has 1 heterocycles. The summed E-state index contributed by atoms with van der Waals surface area (Å²) in [6.45, 7) is 1.78. The molecule has 1 amide bonds. The van der Waals surface area contributed by atoms with Gasteiger partial charge in [0.25, 0.3) is 0 Å². The topological polar surface area (TPSA) is 59.3 Å². The van der Waals surface area contributed by atoms with Gasteiger partial charge >= 0.3 is 0 Å². The first-order valence-electron chi connectivity index (χ1n) is 6.35. The van der Waals surface area contributed by atoms with E-state index >= 15 is 0 Å². The number of nitrogens with one attached hydrogen (secondary N) is 1. The van der Waals surface area contributed by atoms with Gasteiger partial charge in [0.15, 0.2) is 5.78 Å². The molecule has 4 nitrogen and oxygen atoms in total. The Bertz CT molecular complexity index is 610. The quantitative estimate of drug-likeness (QED) is 0.667. The molecule has 1 aromatic heterocycles. The van der Waals surface area contributed by atoms with Crippen molar-refractivity contribution in [3.8, 4) is 0 Å². The lowest BCUT2D eigenvalue weighted by molar-refractivity contribution is -0.115. The molecule has 0 aliphatic rings. The van der Waals surface area contributed by atoms with Gasteiger partial charge < -0.3 is 9.73 Å². The molecule has 0 aliphatic carbocycles. The van der Waals surface area contributed by atoms with E-state index < -0.39 is 0 Å². The third-order valence-corrected chi connectivity index (χ3v) is 2.72. The number of amides is 1. The van der Waals surface area contributed by atoms with Gasteiger partial charge in [-0.05, 0) is 48.6 Å². The van der Waals surface area contributed by atoms with Crippen molar-refractivity contribution in [3.63, 3.8) is 0 Å². The highest BCUT2D eigenvalue weighted by Gasteiger charge is 2.03. The molecule has 0 fully saturated rings. The number of benzene rings is 1. The summed E-state index contributed by atoms with van der Waals surface area (Å²) in [6.07, 6.45) is 5.05. The molecule has 0 atom stereocenters. The van der Waals surface area contributed by atoms with Crippen LogP contribution in [0.15, 0.2) is 53.2 Å². The maximum atomic E-state index is 11.9. The zero-order chi connectivity index (χ0) is 14.4. The largest absolute Gasteiger partial charge is 0.465 e. The number of ketones is 1. The molecule has 20 heavy (non-hydrogen) atoms. The van der Waals surface area contributed by atoms with Crippen molar-refractivity contribution < 1.29 is 14.0 Å². The van der Waals surface area contributed by atoms with Crippen LogP contribution in [0.3, 0.4) is 0 Å². The maximum Gasteiger partial charge on any atom is 0.224 e.